The van der Waals surface area contributed by atoms with Crippen LogP contribution >= 0.6 is 0 Å². The van der Waals surface area contributed by atoms with Crippen molar-refractivity contribution in [3.8, 4) is 0 Å². The molecule has 5 nitrogen and oxygen atoms in total. The van der Waals surface area contributed by atoms with Gasteiger partial charge in [-0.15, -0.1) is 0 Å². The zero-order chi connectivity index (χ0) is 31.9. The number of ether oxygens (including phenoxy) is 2. The summed E-state index contributed by atoms with van der Waals surface area (Å²) in [6.45, 7) is 5.47. The average molecular weight is 629 g/mol. The van der Waals surface area contributed by atoms with Crippen molar-refractivity contribution in [3.63, 3.8) is 0 Å². The Morgan fingerprint density at radius 2 is 1.43 bits per heavy atom. The number of hydrogen-bond acceptors (Lipinski definition) is 4. The molecule has 2 aliphatic carbocycles. The first-order chi connectivity index (χ1) is 20.8. The van der Waals surface area contributed by atoms with Gasteiger partial charge in [0.15, 0.2) is 0 Å². The largest absolute Gasteiger partial charge is 0.416 e. The van der Waals surface area contributed by atoms with Gasteiger partial charge in [-0.05, 0) is 92.5 Å². The maximum Gasteiger partial charge on any atom is 0.416 e. The first kappa shape index (κ1) is 34.2. The third kappa shape index (κ3) is 10.8. The number of hydrogen-bond donors (Lipinski definition) is 1. The van der Waals surface area contributed by atoms with Gasteiger partial charge in [0.25, 0.3) is 0 Å². The van der Waals surface area contributed by atoms with Crippen LogP contribution in [0.3, 0.4) is 0 Å². The summed E-state index contributed by atoms with van der Waals surface area (Å²) >= 11 is 0. The topological polar surface area (TPSA) is 50.8 Å². The van der Waals surface area contributed by atoms with E-state index in [1.165, 1.54) is 51.7 Å². The van der Waals surface area contributed by atoms with E-state index in [0.717, 1.165) is 44.6 Å². The Labute approximate surface area is 255 Å². The molecule has 0 aromatic heterocycles. The molecule has 44 heavy (non-hydrogen) atoms. The maximum absolute atomic E-state index is 12.5. The molecule has 3 aliphatic rings. The summed E-state index contributed by atoms with van der Waals surface area (Å²) in [4.78, 5) is 14.8. The number of carbonyl (C=O) groups excluding carboxylic acids is 1. The number of carbonyl (C=O) groups is 1. The predicted octanol–water partition coefficient (Wildman–Crippen LogP) is 7.82. The minimum absolute atomic E-state index is 0.0892. The summed E-state index contributed by atoms with van der Waals surface area (Å²) in [5.74, 6) is 2.27. The molecule has 1 amide bonds. The summed E-state index contributed by atoms with van der Waals surface area (Å²) < 4.78 is 85.7. The molecule has 3 atom stereocenters. The summed E-state index contributed by atoms with van der Waals surface area (Å²) in [6.07, 6.45) is -2.99. The lowest BCUT2D eigenvalue weighted by Crippen LogP contribution is -2.45. The Balaban J connectivity index is 0.000000217. The standard InChI is InChI=1S/C22H32N2O2.C11H10F6O/c25-22(23-12-17-6-7-17)14-24-13-19(16-26-15-18-8-9-18)10-11-21(24)20-4-2-1-3-5-20;1-6(18-2)7-3-8(10(12,13)14)5-9(4-7)11(15,16)17/h1-5,17-19,21H,6-16H2,(H,23,25);3-6H,1-2H3/t19-,21-;6-/m01/s1. The summed E-state index contributed by atoms with van der Waals surface area (Å²) in [5.41, 5.74) is -1.51. The molecule has 3 fully saturated rings. The van der Waals surface area contributed by atoms with Gasteiger partial charge in [0.2, 0.25) is 5.91 Å². The van der Waals surface area contributed by atoms with E-state index in [-0.39, 0.29) is 17.5 Å². The predicted molar refractivity (Wildman–Crippen MR) is 155 cm³/mol. The van der Waals surface area contributed by atoms with Gasteiger partial charge in [-0.3, -0.25) is 9.69 Å². The van der Waals surface area contributed by atoms with Crippen LogP contribution in [0.4, 0.5) is 26.3 Å². The van der Waals surface area contributed by atoms with Gasteiger partial charge >= 0.3 is 12.4 Å². The van der Waals surface area contributed by atoms with E-state index in [4.69, 9.17) is 9.47 Å². The third-order valence-corrected chi connectivity index (χ3v) is 8.43. The SMILES string of the molecule is CO[C@H](C)c1cc(C(F)(F)F)cc(C(F)(F)F)c1.O=C(CN1C[C@@H](COCC2CC2)CC[C@H]1c1ccccc1)NCC1CC1. The van der Waals surface area contributed by atoms with Crippen molar-refractivity contribution in [2.24, 2.45) is 17.8 Å². The molecule has 1 N–H and O–H groups in total. The molecule has 0 spiro atoms. The lowest BCUT2D eigenvalue weighted by Gasteiger charge is -2.39. The number of methoxy groups -OCH3 is 1. The molecule has 2 aromatic rings. The van der Waals surface area contributed by atoms with Crippen LogP contribution in [0.5, 0.6) is 0 Å². The van der Waals surface area contributed by atoms with E-state index in [9.17, 15) is 31.1 Å². The fraction of sp³-hybridized carbons (Fsp3) is 0.606. The molecule has 1 saturated heterocycles. The van der Waals surface area contributed by atoms with Crippen LogP contribution in [-0.4, -0.2) is 50.8 Å². The van der Waals surface area contributed by atoms with Gasteiger partial charge in [-0.2, -0.15) is 26.3 Å². The highest BCUT2D eigenvalue weighted by Crippen LogP contribution is 2.38. The quantitative estimate of drug-likeness (QED) is 0.258. The molecule has 1 heterocycles. The highest BCUT2D eigenvalue weighted by atomic mass is 19.4. The monoisotopic (exact) mass is 628 g/mol. The van der Waals surface area contributed by atoms with Crippen LogP contribution in [0, 0.1) is 17.8 Å². The Morgan fingerprint density at radius 3 is 1.98 bits per heavy atom. The van der Waals surface area contributed by atoms with Crippen molar-refractivity contribution in [2.75, 3.05) is 40.0 Å². The second kappa shape index (κ2) is 15.1. The second-order valence-electron chi connectivity index (χ2n) is 12.2. The van der Waals surface area contributed by atoms with Crippen LogP contribution in [0.25, 0.3) is 0 Å². The van der Waals surface area contributed by atoms with E-state index >= 15 is 0 Å². The molecule has 11 heteroatoms. The molecular weight excluding hydrogens is 586 g/mol. The summed E-state index contributed by atoms with van der Waals surface area (Å²) in [5, 5.41) is 3.13. The minimum Gasteiger partial charge on any atom is -0.381 e. The summed E-state index contributed by atoms with van der Waals surface area (Å²) in [6, 6.07) is 12.4. The number of halogens is 6. The van der Waals surface area contributed by atoms with Crippen molar-refractivity contribution >= 4 is 5.91 Å². The Bertz CT molecular complexity index is 1170. The molecule has 2 saturated carbocycles. The Kier molecular flexibility index (Phi) is 11.8. The first-order valence-electron chi connectivity index (χ1n) is 15.3. The van der Waals surface area contributed by atoms with Gasteiger partial charge in [-0.1, -0.05) is 30.3 Å². The van der Waals surface area contributed by atoms with Crippen molar-refractivity contribution in [3.05, 3.63) is 70.8 Å². The molecule has 0 radical (unpaired) electrons. The van der Waals surface area contributed by atoms with Gasteiger partial charge in [-0.25, -0.2) is 0 Å². The fourth-order valence-corrected chi connectivity index (χ4v) is 5.35. The van der Waals surface area contributed by atoms with E-state index in [2.05, 4.69) is 40.5 Å². The molecule has 2 aromatic carbocycles. The molecule has 1 aliphatic heterocycles. The van der Waals surface area contributed by atoms with E-state index in [1.54, 1.807) is 0 Å². The normalized spacial score (nSPS) is 21.7. The number of piperidine rings is 1. The van der Waals surface area contributed by atoms with E-state index < -0.39 is 29.6 Å². The highest BCUT2D eigenvalue weighted by molar-refractivity contribution is 5.78. The zero-order valence-electron chi connectivity index (χ0n) is 25.2. The number of nitrogens with one attached hydrogen (secondary N) is 1. The summed E-state index contributed by atoms with van der Waals surface area (Å²) in [7, 11) is 1.21. The van der Waals surface area contributed by atoms with E-state index in [0.29, 0.717) is 30.6 Å². The van der Waals surface area contributed by atoms with Crippen LogP contribution in [-0.2, 0) is 26.6 Å². The van der Waals surface area contributed by atoms with Crippen molar-refractivity contribution < 1.29 is 40.6 Å². The molecule has 244 valence electrons. The number of nitrogens with zero attached hydrogens (tertiary/aromatic N) is 1. The number of benzene rings is 2. The van der Waals surface area contributed by atoms with Crippen LogP contribution < -0.4 is 5.32 Å². The molecule has 0 bridgehead atoms. The number of amides is 1. The first-order valence-corrected chi connectivity index (χ1v) is 15.3. The van der Waals surface area contributed by atoms with Crippen LogP contribution in [0.2, 0.25) is 0 Å². The lowest BCUT2D eigenvalue weighted by molar-refractivity contribution is -0.143. The smallest absolute Gasteiger partial charge is 0.381 e. The van der Waals surface area contributed by atoms with Crippen LogP contribution in [0.1, 0.15) is 79.8 Å². The Morgan fingerprint density at radius 1 is 0.864 bits per heavy atom. The van der Waals surface area contributed by atoms with Gasteiger partial charge in [0.05, 0.1) is 30.4 Å². The van der Waals surface area contributed by atoms with Crippen molar-refractivity contribution in [1.82, 2.24) is 10.2 Å². The van der Waals surface area contributed by atoms with Crippen molar-refractivity contribution in [1.29, 1.82) is 0 Å². The Hall–Kier alpha value is -2.63. The van der Waals surface area contributed by atoms with Gasteiger partial charge in [0, 0.05) is 32.8 Å². The van der Waals surface area contributed by atoms with Gasteiger partial charge < -0.3 is 14.8 Å². The number of rotatable bonds is 11. The molecular formula is C33H42F6N2O3. The van der Waals surface area contributed by atoms with Gasteiger partial charge in [0.1, 0.15) is 0 Å². The second-order valence-corrected chi connectivity index (χ2v) is 12.2. The average Bonchev–Trinajstić information content (AvgIpc) is 3.92. The molecule has 0 unspecified atom stereocenters. The van der Waals surface area contributed by atoms with E-state index in [1.807, 2.05) is 0 Å². The highest BCUT2D eigenvalue weighted by Gasteiger charge is 2.37. The number of alkyl halides is 6. The van der Waals surface area contributed by atoms with Crippen molar-refractivity contribution in [2.45, 2.75) is 69.9 Å². The fourth-order valence-electron chi connectivity index (χ4n) is 5.35. The zero-order valence-corrected chi connectivity index (χ0v) is 25.2. The minimum atomic E-state index is -4.83. The number of likely N-dealkylation sites (tertiary alicyclic amines) is 1. The molecule has 5 rings (SSSR count). The third-order valence-electron chi connectivity index (χ3n) is 8.43. The lowest BCUT2D eigenvalue weighted by atomic mass is 9.89. The maximum atomic E-state index is 12.5. The van der Waals surface area contributed by atoms with Crippen LogP contribution in [0.15, 0.2) is 48.5 Å².